The summed E-state index contributed by atoms with van der Waals surface area (Å²) in [6, 6.07) is 7.98. The predicted octanol–water partition coefficient (Wildman–Crippen LogP) is 3.70. The van der Waals surface area contributed by atoms with E-state index in [-0.39, 0.29) is 11.7 Å². The molecule has 0 aliphatic carbocycles. The second-order valence-corrected chi connectivity index (χ2v) is 6.68. The van der Waals surface area contributed by atoms with Crippen LogP contribution >= 0.6 is 11.8 Å². The molecule has 0 bridgehead atoms. The number of carbonyl (C=O) groups excluding carboxylic acids is 1. The number of amides is 1. The van der Waals surface area contributed by atoms with Crippen LogP contribution in [-0.2, 0) is 11.3 Å². The summed E-state index contributed by atoms with van der Waals surface area (Å²) in [4.78, 5) is 16.3. The Balaban J connectivity index is 1.72. The van der Waals surface area contributed by atoms with Crippen LogP contribution in [0.25, 0.3) is 11.4 Å². The van der Waals surface area contributed by atoms with E-state index in [0.717, 1.165) is 11.1 Å². The first kappa shape index (κ1) is 18.8. The van der Waals surface area contributed by atoms with Gasteiger partial charge in [-0.3, -0.25) is 14.3 Å². The summed E-state index contributed by atoms with van der Waals surface area (Å²) < 4.78 is 15.2. The average molecular weight is 383 g/mol. The lowest BCUT2D eigenvalue weighted by Gasteiger charge is -2.09. The Morgan fingerprint density at radius 3 is 2.81 bits per heavy atom. The van der Waals surface area contributed by atoms with Crippen molar-refractivity contribution in [1.82, 2.24) is 19.7 Å². The van der Waals surface area contributed by atoms with E-state index in [1.165, 1.54) is 23.9 Å². The topological polar surface area (TPSA) is 72.7 Å². The van der Waals surface area contributed by atoms with Crippen molar-refractivity contribution in [1.29, 1.82) is 0 Å². The summed E-state index contributed by atoms with van der Waals surface area (Å²) in [5, 5.41) is 11.7. The van der Waals surface area contributed by atoms with Crippen LogP contribution in [0.5, 0.6) is 0 Å². The van der Waals surface area contributed by atoms with Gasteiger partial charge in [-0.25, -0.2) is 4.39 Å². The van der Waals surface area contributed by atoms with Gasteiger partial charge in [0.05, 0.1) is 5.75 Å². The Bertz CT molecular complexity index is 958. The fourth-order valence-corrected chi connectivity index (χ4v) is 3.20. The van der Waals surface area contributed by atoms with Crippen molar-refractivity contribution in [3.63, 3.8) is 0 Å². The number of thioether (sulfide) groups is 1. The number of hydrogen-bond donors (Lipinski definition) is 1. The SMILES string of the molecule is C=CCn1c(SCC(=O)Nc2cc(F)ccc2C)nnc1-c1ccncc1. The molecule has 8 heteroatoms. The average Bonchev–Trinajstić information content (AvgIpc) is 3.07. The molecule has 138 valence electrons. The second kappa shape index (κ2) is 8.59. The van der Waals surface area contributed by atoms with E-state index in [0.29, 0.717) is 23.2 Å². The molecule has 0 aliphatic heterocycles. The molecule has 1 N–H and O–H groups in total. The summed E-state index contributed by atoms with van der Waals surface area (Å²) in [6.45, 7) is 6.09. The third kappa shape index (κ3) is 4.59. The first-order valence-electron chi connectivity index (χ1n) is 8.22. The van der Waals surface area contributed by atoms with Gasteiger partial charge >= 0.3 is 0 Å². The first-order chi connectivity index (χ1) is 13.1. The monoisotopic (exact) mass is 383 g/mol. The molecule has 1 amide bonds. The minimum absolute atomic E-state index is 0.127. The number of allylic oxidation sites excluding steroid dienone is 1. The first-order valence-corrected chi connectivity index (χ1v) is 9.20. The smallest absolute Gasteiger partial charge is 0.234 e. The number of anilines is 1. The lowest BCUT2D eigenvalue weighted by atomic mass is 10.2. The molecule has 0 unspecified atom stereocenters. The molecule has 0 aliphatic rings. The molecule has 3 aromatic rings. The van der Waals surface area contributed by atoms with Gasteiger partial charge in [0.15, 0.2) is 11.0 Å². The summed E-state index contributed by atoms with van der Waals surface area (Å²) in [7, 11) is 0. The molecule has 0 saturated heterocycles. The fourth-order valence-electron chi connectivity index (χ4n) is 2.45. The molecule has 2 aromatic heterocycles. The van der Waals surface area contributed by atoms with Crippen LogP contribution < -0.4 is 5.32 Å². The van der Waals surface area contributed by atoms with Gasteiger partial charge < -0.3 is 5.32 Å². The Kier molecular flexibility index (Phi) is 5.97. The van der Waals surface area contributed by atoms with E-state index < -0.39 is 5.82 Å². The number of carbonyl (C=O) groups is 1. The predicted molar refractivity (Wildman–Crippen MR) is 104 cm³/mol. The van der Waals surface area contributed by atoms with E-state index in [4.69, 9.17) is 0 Å². The molecule has 0 spiro atoms. The van der Waals surface area contributed by atoms with E-state index >= 15 is 0 Å². The number of halogens is 1. The zero-order chi connectivity index (χ0) is 19.2. The van der Waals surface area contributed by atoms with Gasteiger partial charge in [-0.15, -0.1) is 16.8 Å². The van der Waals surface area contributed by atoms with Crippen molar-refractivity contribution in [3.05, 3.63) is 66.8 Å². The number of pyridine rings is 1. The summed E-state index contributed by atoms with van der Waals surface area (Å²) in [5.74, 6) is 0.173. The Labute approximate surface area is 160 Å². The summed E-state index contributed by atoms with van der Waals surface area (Å²) in [6.07, 6.45) is 5.11. The number of nitrogens with one attached hydrogen (secondary N) is 1. The number of aryl methyl sites for hydroxylation is 1. The zero-order valence-electron chi connectivity index (χ0n) is 14.7. The van der Waals surface area contributed by atoms with E-state index in [9.17, 15) is 9.18 Å². The van der Waals surface area contributed by atoms with Crippen LogP contribution in [0.3, 0.4) is 0 Å². The van der Waals surface area contributed by atoms with Crippen LogP contribution in [0.15, 0.2) is 60.5 Å². The highest BCUT2D eigenvalue weighted by atomic mass is 32.2. The second-order valence-electron chi connectivity index (χ2n) is 5.74. The molecular formula is C19H18FN5OS. The maximum Gasteiger partial charge on any atom is 0.234 e. The summed E-state index contributed by atoms with van der Waals surface area (Å²) >= 11 is 1.26. The quantitative estimate of drug-likeness (QED) is 0.497. The lowest BCUT2D eigenvalue weighted by Crippen LogP contribution is -2.15. The van der Waals surface area contributed by atoms with Crippen molar-refractivity contribution in [2.45, 2.75) is 18.6 Å². The van der Waals surface area contributed by atoms with Crippen molar-refractivity contribution in [2.75, 3.05) is 11.1 Å². The summed E-state index contributed by atoms with van der Waals surface area (Å²) in [5.41, 5.74) is 2.14. The molecule has 0 fully saturated rings. The minimum Gasteiger partial charge on any atom is -0.325 e. The molecule has 3 rings (SSSR count). The van der Waals surface area contributed by atoms with Gasteiger partial charge in [0.1, 0.15) is 5.82 Å². The third-order valence-electron chi connectivity index (χ3n) is 3.77. The van der Waals surface area contributed by atoms with Gasteiger partial charge in [0.25, 0.3) is 0 Å². The fraction of sp³-hybridized carbons (Fsp3) is 0.158. The minimum atomic E-state index is -0.392. The molecule has 27 heavy (non-hydrogen) atoms. The standard InChI is InChI=1S/C19H18FN5OS/c1-3-10-25-18(14-6-8-21-9-7-14)23-24-19(25)27-12-17(26)22-16-11-15(20)5-4-13(16)2/h3-9,11H,1,10,12H2,2H3,(H,22,26). The van der Waals surface area contributed by atoms with Gasteiger partial charge in [-0.05, 0) is 36.8 Å². The van der Waals surface area contributed by atoms with Crippen molar-refractivity contribution in [2.24, 2.45) is 0 Å². The van der Waals surface area contributed by atoms with Crippen LogP contribution in [0.2, 0.25) is 0 Å². The van der Waals surface area contributed by atoms with Crippen LogP contribution in [0.4, 0.5) is 10.1 Å². The van der Waals surface area contributed by atoms with Gasteiger partial charge in [-0.2, -0.15) is 0 Å². The lowest BCUT2D eigenvalue weighted by molar-refractivity contribution is -0.113. The Morgan fingerprint density at radius 2 is 2.07 bits per heavy atom. The number of hydrogen-bond acceptors (Lipinski definition) is 5. The van der Waals surface area contributed by atoms with Crippen molar-refractivity contribution < 1.29 is 9.18 Å². The van der Waals surface area contributed by atoms with Crippen molar-refractivity contribution >= 4 is 23.4 Å². The zero-order valence-corrected chi connectivity index (χ0v) is 15.5. The molecule has 0 radical (unpaired) electrons. The van der Waals surface area contributed by atoms with E-state index in [1.807, 2.05) is 23.6 Å². The number of rotatable bonds is 7. The molecule has 0 atom stereocenters. The number of benzene rings is 1. The number of nitrogens with zero attached hydrogens (tertiary/aromatic N) is 4. The maximum absolute atomic E-state index is 13.4. The van der Waals surface area contributed by atoms with E-state index in [2.05, 4.69) is 27.1 Å². The van der Waals surface area contributed by atoms with Crippen LogP contribution in [-0.4, -0.2) is 31.4 Å². The number of aromatic nitrogens is 4. The molecule has 2 heterocycles. The molecular weight excluding hydrogens is 365 g/mol. The highest BCUT2D eigenvalue weighted by Crippen LogP contribution is 2.24. The Morgan fingerprint density at radius 1 is 1.30 bits per heavy atom. The van der Waals surface area contributed by atoms with Crippen LogP contribution in [0, 0.1) is 12.7 Å². The molecule has 0 saturated carbocycles. The largest absolute Gasteiger partial charge is 0.325 e. The van der Waals surface area contributed by atoms with Gasteiger partial charge in [-0.1, -0.05) is 23.9 Å². The maximum atomic E-state index is 13.4. The van der Waals surface area contributed by atoms with Crippen molar-refractivity contribution in [3.8, 4) is 11.4 Å². The van der Waals surface area contributed by atoms with Crippen LogP contribution in [0.1, 0.15) is 5.56 Å². The van der Waals surface area contributed by atoms with E-state index in [1.54, 1.807) is 24.5 Å². The third-order valence-corrected chi connectivity index (χ3v) is 4.74. The molecule has 1 aromatic carbocycles. The van der Waals surface area contributed by atoms with Gasteiger partial charge in [0.2, 0.25) is 5.91 Å². The highest BCUT2D eigenvalue weighted by Gasteiger charge is 2.15. The molecule has 6 nitrogen and oxygen atoms in total. The van der Waals surface area contributed by atoms with Gasteiger partial charge in [0, 0.05) is 30.2 Å². The normalized spacial score (nSPS) is 10.6. The Hall–Kier alpha value is -3.00. The highest BCUT2D eigenvalue weighted by molar-refractivity contribution is 7.99.